The maximum absolute atomic E-state index is 14.4. The fourth-order valence-electron chi connectivity index (χ4n) is 8.72. The van der Waals surface area contributed by atoms with E-state index in [1.807, 2.05) is 0 Å². The average Bonchev–Trinajstić information content (AvgIpc) is 1.62. The van der Waals surface area contributed by atoms with Gasteiger partial charge in [-0.15, -0.1) is 20.5 Å². The Morgan fingerprint density at radius 1 is 0.736 bits per heavy atom. The van der Waals surface area contributed by atoms with Crippen molar-refractivity contribution in [3.63, 3.8) is 0 Å². The Morgan fingerprint density at radius 3 is 1.66 bits per heavy atom. The molecule has 30 nitrogen and oxygen atoms in total. The van der Waals surface area contributed by atoms with E-state index in [-0.39, 0.29) is 39.8 Å². The van der Waals surface area contributed by atoms with Crippen molar-refractivity contribution in [1.82, 2.24) is 14.5 Å². The second-order valence-corrected chi connectivity index (χ2v) is 22.9. The SMILES string of the molecule is C=C(C)C(=O)OCC(CN1C(C#N)=C(C#N)[N+](C)(/C=C(\C)C(=O)OCC(COC(=O)C(F)(F)F)n2c(N=Nc3cc(OC)c(N(CC)CC)cc3NS(C)(=O)=O)nc(C#N)c2C#N)C1N=Nc1cc(OC)c(N(CC)CC)cc1NS(C)(=O)=O)OC(=O)C(F)(F)F. The lowest BCUT2D eigenvalue weighted by Crippen LogP contribution is -2.51. The van der Waals surface area contributed by atoms with E-state index in [1.54, 1.807) is 61.8 Å². The number of imidazole rings is 1. The summed E-state index contributed by atoms with van der Waals surface area (Å²) in [4.78, 5) is 59.8. The molecule has 0 radical (unpaired) electrons. The zero-order valence-electron chi connectivity index (χ0n) is 50.5. The predicted octanol–water partition coefficient (Wildman–Crippen LogP) is 7.27. The summed E-state index contributed by atoms with van der Waals surface area (Å²) in [5.74, 6) is -8.82. The van der Waals surface area contributed by atoms with Crippen LogP contribution < -0.4 is 28.7 Å². The van der Waals surface area contributed by atoms with Gasteiger partial charge < -0.3 is 38.2 Å². The van der Waals surface area contributed by atoms with Crippen LogP contribution in [0.4, 0.5) is 66.4 Å². The minimum atomic E-state index is -5.66. The highest BCUT2D eigenvalue weighted by molar-refractivity contribution is 7.92. The number of hydrogen-bond donors (Lipinski definition) is 2. The number of alkyl halides is 6. The predicted molar refractivity (Wildman–Crippen MR) is 308 cm³/mol. The Bertz CT molecular complexity index is 3840. The number of nitrogens with one attached hydrogen (secondary N) is 2. The summed E-state index contributed by atoms with van der Waals surface area (Å²) >= 11 is 0. The molecular formula is C53H61F6N16O14S2+. The van der Waals surface area contributed by atoms with E-state index in [2.05, 4.69) is 46.2 Å². The summed E-state index contributed by atoms with van der Waals surface area (Å²) in [6.45, 7) is 9.41. The Kier molecular flexibility index (Phi) is 24.6. The molecule has 91 heavy (non-hydrogen) atoms. The summed E-state index contributed by atoms with van der Waals surface area (Å²) in [6.07, 6.45) is -13.0. The number of quaternary nitrogens is 1. The molecule has 0 saturated carbocycles. The smallest absolute Gasteiger partial charge is 0.490 e. The van der Waals surface area contributed by atoms with E-state index >= 15 is 0 Å². The fourth-order valence-corrected chi connectivity index (χ4v) is 9.85. The van der Waals surface area contributed by atoms with Gasteiger partial charge >= 0.3 is 36.2 Å². The second kappa shape index (κ2) is 30.4. The molecule has 4 rings (SSSR count). The Balaban J connectivity index is 2.02. The number of nitrogens with zero attached hydrogens (tertiary/aromatic N) is 14. The van der Waals surface area contributed by atoms with Crippen LogP contribution in [0.3, 0.4) is 0 Å². The van der Waals surface area contributed by atoms with Crippen LogP contribution in [0.15, 0.2) is 80.0 Å². The van der Waals surface area contributed by atoms with Crippen LogP contribution in [-0.2, 0) is 58.2 Å². The summed E-state index contributed by atoms with van der Waals surface area (Å²) in [5, 5.41) is 58.7. The van der Waals surface area contributed by atoms with Crippen molar-refractivity contribution in [2.45, 2.75) is 72.3 Å². The molecular weight excluding hydrogens is 1260 g/mol. The quantitative estimate of drug-likeness (QED) is 0.0172. The number of halogens is 6. The summed E-state index contributed by atoms with van der Waals surface area (Å²) in [5.41, 5.74) is -4.19. The highest BCUT2D eigenvalue weighted by Crippen LogP contribution is 2.44. The number of esters is 4. The van der Waals surface area contributed by atoms with E-state index in [1.165, 1.54) is 45.4 Å². The normalized spacial score (nSPS) is 16.0. The number of ether oxygens (including phenoxy) is 6. The first-order valence-corrected chi connectivity index (χ1v) is 30.3. The Hall–Kier alpha value is -10.1. The third-order valence-corrected chi connectivity index (χ3v) is 14.0. The topological polar surface area (TPSA) is 388 Å². The van der Waals surface area contributed by atoms with Crippen LogP contribution in [0.25, 0.3) is 0 Å². The van der Waals surface area contributed by atoms with Crippen LogP contribution in [0.5, 0.6) is 11.5 Å². The van der Waals surface area contributed by atoms with Crippen molar-refractivity contribution in [3.05, 3.63) is 71.0 Å². The van der Waals surface area contributed by atoms with Gasteiger partial charge in [0.2, 0.25) is 20.0 Å². The van der Waals surface area contributed by atoms with Crippen molar-refractivity contribution in [1.29, 1.82) is 21.0 Å². The van der Waals surface area contributed by atoms with Gasteiger partial charge in [0, 0.05) is 43.9 Å². The van der Waals surface area contributed by atoms with E-state index in [0.29, 0.717) is 42.1 Å². The number of anilines is 4. The monoisotopic (exact) mass is 1320 g/mol. The molecule has 1 aliphatic rings. The van der Waals surface area contributed by atoms with E-state index in [0.717, 1.165) is 37.6 Å². The van der Waals surface area contributed by atoms with Crippen molar-refractivity contribution in [2.75, 3.05) is 106 Å². The molecule has 2 aromatic carbocycles. The molecule has 2 N–H and O–H groups in total. The van der Waals surface area contributed by atoms with Gasteiger partial charge in [-0.2, -0.15) is 52.4 Å². The maximum atomic E-state index is 14.4. The van der Waals surface area contributed by atoms with Crippen LogP contribution in [0.2, 0.25) is 0 Å². The van der Waals surface area contributed by atoms with Crippen LogP contribution in [0, 0.1) is 45.3 Å². The number of aromatic nitrogens is 2. The van der Waals surface area contributed by atoms with E-state index < -0.39 is 140 Å². The van der Waals surface area contributed by atoms with Gasteiger partial charge in [0.1, 0.15) is 73.1 Å². The summed E-state index contributed by atoms with van der Waals surface area (Å²) < 4.78 is 168. The lowest BCUT2D eigenvalue weighted by molar-refractivity contribution is -0.847. The molecule has 4 atom stereocenters. The summed E-state index contributed by atoms with van der Waals surface area (Å²) in [6, 6.07) is 9.86. The molecule has 1 aromatic heterocycles. The standard InChI is InChI=1S/C53H61F6N16O14S2/c1-13-71(14-2)39-17-36(69-90(11,80)81)34(19-44(39)84-9)65-67-50-64-38(21-60)41(22-61)74(50)32(28-88-48(78)52(54,55)56)27-86-47(77)31(7)26-75(8)43(24-63)42(23-62)73(25-33(29-87-46(76)30(5)6)89-49(79)53(57,58)59)51(75)68-66-35-20-45(85-10)40(72(15-3)16-4)18-37(35)70-91(12,82)83/h17-20,26,32-33,51,69-70H,5,13-16,25,27-29H2,1-4,6-12H3/q+1/b31-26+,67-65?,68-66?. The molecule has 1 aliphatic heterocycles. The maximum Gasteiger partial charge on any atom is 0.490 e. The molecule has 0 fully saturated rings. The second-order valence-electron chi connectivity index (χ2n) is 19.4. The number of nitriles is 4. The molecule has 0 spiro atoms. The van der Waals surface area contributed by atoms with Crippen molar-refractivity contribution in [2.24, 2.45) is 20.5 Å². The lowest BCUT2D eigenvalue weighted by atomic mass is 10.2. The Labute approximate surface area is 518 Å². The van der Waals surface area contributed by atoms with Gasteiger partial charge in [0.05, 0.1) is 68.6 Å². The van der Waals surface area contributed by atoms with Crippen molar-refractivity contribution >= 4 is 84.0 Å². The molecule has 4 unspecified atom stereocenters. The van der Waals surface area contributed by atoms with Crippen LogP contribution in [0.1, 0.15) is 59.0 Å². The van der Waals surface area contributed by atoms with Gasteiger partial charge in [0.15, 0.2) is 29.3 Å². The number of azo groups is 2. The zero-order valence-corrected chi connectivity index (χ0v) is 52.2. The molecule has 0 bridgehead atoms. The lowest BCUT2D eigenvalue weighted by Gasteiger charge is -2.33. The Morgan fingerprint density at radius 2 is 1.23 bits per heavy atom. The summed E-state index contributed by atoms with van der Waals surface area (Å²) in [7, 11) is -4.56. The van der Waals surface area contributed by atoms with E-state index in [9.17, 15) is 83.4 Å². The number of allylic oxidation sites excluding steroid dienone is 2. The average molecular weight is 1320 g/mol. The molecule has 0 aliphatic carbocycles. The van der Waals surface area contributed by atoms with Crippen molar-refractivity contribution in [3.8, 4) is 35.8 Å². The van der Waals surface area contributed by atoms with Gasteiger partial charge in [-0.1, -0.05) is 6.58 Å². The molecule has 0 saturated heterocycles. The first-order chi connectivity index (χ1) is 42.4. The largest absolute Gasteiger partial charge is 0.494 e. The molecule has 3 aromatic rings. The first-order valence-electron chi connectivity index (χ1n) is 26.5. The highest BCUT2D eigenvalue weighted by atomic mass is 32.2. The third-order valence-electron chi connectivity index (χ3n) is 12.8. The van der Waals surface area contributed by atoms with Gasteiger partial charge in [-0.05, 0) is 53.7 Å². The fraction of sp³-hybridized carbons (Fsp3) is 0.453. The molecule has 38 heteroatoms. The van der Waals surface area contributed by atoms with Crippen molar-refractivity contribution < 1.29 is 95.3 Å². The number of rotatable bonds is 29. The minimum absolute atomic E-state index is 0.0863. The third kappa shape index (κ3) is 18.5. The van der Waals surface area contributed by atoms with E-state index in [4.69, 9.17) is 23.7 Å². The molecule has 0 amide bonds. The van der Waals surface area contributed by atoms with Gasteiger partial charge in [-0.25, -0.2) is 40.5 Å². The van der Waals surface area contributed by atoms with Crippen LogP contribution >= 0.6 is 0 Å². The van der Waals surface area contributed by atoms with Gasteiger partial charge in [0.25, 0.3) is 17.9 Å². The van der Waals surface area contributed by atoms with Crippen LogP contribution in [-0.4, -0.2) is 171 Å². The number of carbonyl (C=O) groups is 4. The minimum Gasteiger partial charge on any atom is -0.494 e. The highest BCUT2D eigenvalue weighted by Gasteiger charge is 2.54. The van der Waals surface area contributed by atoms with Gasteiger partial charge in [-0.3, -0.25) is 18.9 Å². The zero-order chi connectivity index (χ0) is 68.7. The first kappa shape index (κ1) is 73.4. The number of methoxy groups -OCH3 is 2. The number of hydrogen-bond acceptors (Lipinski definition) is 26. The molecule has 490 valence electrons. The number of benzene rings is 2. The number of sulfonamides is 2. The molecule has 2 heterocycles. The number of carbonyl (C=O) groups excluding carboxylic acids is 4.